The second kappa shape index (κ2) is 5.43. The third kappa shape index (κ3) is 3.43. The highest BCUT2D eigenvalue weighted by Crippen LogP contribution is 2.37. The summed E-state index contributed by atoms with van der Waals surface area (Å²) < 4.78 is 10.7. The summed E-state index contributed by atoms with van der Waals surface area (Å²) in [7, 11) is 1.68. The maximum atomic E-state index is 12.3. The van der Waals surface area contributed by atoms with Crippen LogP contribution < -0.4 is 0 Å². The molecule has 0 aliphatic carbocycles. The largest absolute Gasteiger partial charge is 0.504 e. The van der Waals surface area contributed by atoms with Crippen LogP contribution in [0.2, 0.25) is 0 Å². The number of methoxy groups -OCH3 is 1. The molecule has 0 spiro atoms. The number of amides is 1. The number of piperidine rings is 2. The zero-order valence-corrected chi connectivity index (χ0v) is 12.4. The molecule has 2 rings (SSSR count). The van der Waals surface area contributed by atoms with Crippen molar-refractivity contribution < 1.29 is 14.3 Å². The number of ether oxygens (including phenoxy) is 2. The quantitative estimate of drug-likeness (QED) is 0.683. The van der Waals surface area contributed by atoms with Gasteiger partial charge in [-0.1, -0.05) is 0 Å². The number of hydrogen-bond donors (Lipinski definition) is 0. The van der Waals surface area contributed by atoms with Gasteiger partial charge in [-0.3, -0.25) is 0 Å². The van der Waals surface area contributed by atoms with Gasteiger partial charge in [0.15, 0.2) is 0 Å². The highest BCUT2D eigenvalue weighted by molar-refractivity contribution is 5.69. The first kappa shape index (κ1) is 14.2. The van der Waals surface area contributed by atoms with Crippen molar-refractivity contribution in [3.05, 3.63) is 11.8 Å². The number of hydrogen-bond acceptors (Lipinski definition) is 3. The molecule has 0 N–H and O–H groups in total. The van der Waals surface area contributed by atoms with Gasteiger partial charge in [0, 0.05) is 12.1 Å². The Labute approximate surface area is 115 Å². The third-order valence-corrected chi connectivity index (χ3v) is 3.75. The van der Waals surface area contributed by atoms with Gasteiger partial charge in [0.2, 0.25) is 0 Å². The van der Waals surface area contributed by atoms with Gasteiger partial charge < -0.3 is 14.4 Å². The predicted molar refractivity (Wildman–Crippen MR) is 73.8 cm³/mol. The molecule has 0 radical (unpaired) electrons. The summed E-state index contributed by atoms with van der Waals surface area (Å²) in [6.45, 7) is 5.75. The molecule has 0 aromatic rings. The van der Waals surface area contributed by atoms with Crippen LogP contribution in [0.15, 0.2) is 11.8 Å². The van der Waals surface area contributed by atoms with Crippen molar-refractivity contribution in [1.82, 2.24) is 4.90 Å². The van der Waals surface area contributed by atoms with Crippen molar-refractivity contribution in [3.8, 4) is 0 Å². The lowest BCUT2D eigenvalue weighted by atomic mass is 9.82. The van der Waals surface area contributed by atoms with Crippen LogP contribution in [-0.4, -0.2) is 35.8 Å². The SMILES string of the molecule is COC=C1CC2CCCC(C1)N2C(=O)OC(C)(C)C. The van der Waals surface area contributed by atoms with E-state index in [-0.39, 0.29) is 18.2 Å². The van der Waals surface area contributed by atoms with Gasteiger partial charge in [-0.05, 0) is 58.4 Å². The fourth-order valence-corrected chi connectivity index (χ4v) is 3.13. The van der Waals surface area contributed by atoms with E-state index in [1.165, 1.54) is 12.0 Å². The zero-order chi connectivity index (χ0) is 14.0. The maximum Gasteiger partial charge on any atom is 0.410 e. The number of carbonyl (C=O) groups is 1. The second-order valence-electron chi connectivity index (χ2n) is 6.55. The molecule has 2 unspecified atom stereocenters. The lowest BCUT2D eigenvalue weighted by Gasteiger charge is -2.46. The van der Waals surface area contributed by atoms with Gasteiger partial charge >= 0.3 is 6.09 Å². The topological polar surface area (TPSA) is 38.8 Å². The maximum absolute atomic E-state index is 12.3. The van der Waals surface area contributed by atoms with Gasteiger partial charge in [0.25, 0.3) is 0 Å². The van der Waals surface area contributed by atoms with Crippen molar-refractivity contribution in [2.45, 2.75) is 70.6 Å². The van der Waals surface area contributed by atoms with E-state index in [1.54, 1.807) is 7.11 Å². The molecule has 2 bridgehead atoms. The van der Waals surface area contributed by atoms with E-state index in [1.807, 2.05) is 31.9 Å². The molecule has 4 heteroatoms. The summed E-state index contributed by atoms with van der Waals surface area (Å²) in [5.74, 6) is 0. The van der Waals surface area contributed by atoms with Crippen molar-refractivity contribution in [2.75, 3.05) is 7.11 Å². The summed E-state index contributed by atoms with van der Waals surface area (Å²) in [5, 5.41) is 0. The minimum absolute atomic E-state index is 0.154. The average Bonchev–Trinajstić information content (AvgIpc) is 2.25. The Bertz CT molecular complexity index is 354. The normalized spacial score (nSPS) is 26.9. The number of carbonyl (C=O) groups excluding carboxylic acids is 1. The molecule has 2 atom stereocenters. The van der Waals surface area contributed by atoms with Crippen LogP contribution in [0.4, 0.5) is 4.79 Å². The molecule has 19 heavy (non-hydrogen) atoms. The van der Waals surface area contributed by atoms with Gasteiger partial charge in [-0.15, -0.1) is 0 Å². The van der Waals surface area contributed by atoms with Crippen LogP contribution in [0.25, 0.3) is 0 Å². The fourth-order valence-electron chi connectivity index (χ4n) is 3.13. The van der Waals surface area contributed by atoms with Crippen molar-refractivity contribution in [3.63, 3.8) is 0 Å². The molecule has 2 aliphatic heterocycles. The molecule has 1 amide bonds. The Hall–Kier alpha value is -1.19. The molecule has 2 heterocycles. The van der Waals surface area contributed by atoms with Crippen LogP contribution in [0.3, 0.4) is 0 Å². The lowest BCUT2D eigenvalue weighted by molar-refractivity contribution is -0.0117. The molecule has 2 saturated heterocycles. The second-order valence-corrected chi connectivity index (χ2v) is 6.55. The van der Waals surface area contributed by atoms with Crippen molar-refractivity contribution >= 4 is 6.09 Å². The summed E-state index contributed by atoms with van der Waals surface area (Å²) in [6, 6.07) is 0.562. The predicted octanol–water partition coefficient (Wildman–Crippen LogP) is 3.47. The average molecular weight is 267 g/mol. The van der Waals surface area contributed by atoms with E-state index in [0.29, 0.717) is 0 Å². The van der Waals surface area contributed by atoms with E-state index >= 15 is 0 Å². The third-order valence-electron chi connectivity index (χ3n) is 3.75. The molecular weight excluding hydrogens is 242 g/mol. The van der Waals surface area contributed by atoms with Crippen molar-refractivity contribution in [2.24, 2.45) is 0 Å². The first-order chi connectivity index (χ1) is 8.90. The molecular formula is C15H25NO3. The molecule has 4 nitrogen and oxygen atoms in total. The summed E-state index contributed by atoms with van der Waals surface area (Å²) in [6.07, 6.45) is 6.87. The molecule has 0 aromatic carbocycles. The Morgan fingerprint density at radius 1 is 1.26 bits per heavy atom. The molecule has 0 aromatic heterocycles. The van der Waals surface area contributed by atoms with Gasteiger partial charge in [0.05, 0.1) is 13.4 Å². The molecule has 2 aliphatic rings. The minimum Gasteiger partial charge on any atom is -0.504 e. The smallest absolute Gasteiger partial charge is 0.410 e. The fraction of sp³-hybridized carbons (Fsp3) is 0.800. The van der Waals surface area contributed by atoms with E-state index in [2.05, 4.69) is 0 Å². The van der Waals surface area contributed by atoms with Gasteiger partial charge in [0.1, 0.15) is 5.60 Å². The standard InChI is InChI=1S/C15H25NO3/c1-15(2,3)19-14(17)16-12-6-5-7-13(16)9-11(8-12)10-18-4/h10,12-13H,5-9H2,1-4H3. The lowest BCUT2D eigenvalue weighted by Crippen LogP contribution is -2.54. The Kier molecular flexibility index (Phi) is 4.07. The zero-order valence-electron chi connectivity index (χ0n) is 12.4. The summed E-state index contributed by atoms with van der Waals surface area (Å²) >= 11 is 0. The summed E-state index contributed by atoms with van der Waals surface area (Å²) in [4.78, 5) is 14.3. The highest BCUT2D eigenvalue weighted by atomic mass is 16.6. The van der Waals surface area contributed by atoms with E-state index in [9.17, 15) is 4.79 Å². The molecule has 0 saturated carbocycles. The van der Waals surface area contributed by atoms with Crippen LogP contribution >= 0.6 is 0 Å². The summed E-state index contributed by atoms with van der Waals surface area (Å²) in [5.41, 5.74) is 0.894. The van der Waals surface area contributed by atoms with Crippen molar-refractivity contribution in [1.29, 1.82) is 0 Å². The highest BCUT2D eigenvalue weighted by Gasteiger charge is 2.40. The number of fused-ring (bicyclic) bond motifs is 2. The minimum atomic E-state index is -0.423. The van der Waals surface area contributed by atoms with Crippen LogP contribution in [-0.2, 0) is 9.47 Å². The first-order valence-corrected chi connectivity index (χ1v) is 7.13. The molecule has 108 valence electrons. The monoisotopic (exact) mass is 267 g/mol. The Morgan fingerprint density at radius 2 is 1.84 bits per heavy atom. The number of nitrogens with zero attached hydrogens (tertiary/aromatic N) is 1. The van der Waals surface area contributed by atoms with E-state index in [4.69, 9.17) is 9.47 Å². The van der Waals surface area contributed by atoms with Crippen LogP contribution in [0, 0.1) is 0 Å². The Balaban J connectivity index is 2.10. The number of rotatable bonds is 1. The van der Waals surface area contributed by atoms with Gasteiger partial charge in [-0.25, -0.2) is 4.79 Å². The van der Waals surface area contributed by atoms with E-state index < -0.39 is 5.60 Å². The van der Waals surface area contributed by atoms with Crippen LogP contribution in [0.5, 0.6) is 0 Å². The molecule has 2 fully saturated rings. The van der Waals surface area contributed by atoms with E-state index in [0.717, 1.165) is 25.7 Å². The van der Waals surface area contributed by atoms with Crippen LogP contribution in [0.1, 0.15) is 52.9 Å². The van der Waals surface area contributed by atoms with Gasteiger partial charge in [-0.2, -0.15) is 0 Å². The Morgan fingerprint density at radius 3 is 2.32 bits per heavy atom. The first-order valence-electron chi connectivity index (χ1n) is 7.13.